The number of anilines is 1. The Morgan fingerprint density at radius 2 is 2.32 bits per heavy atom. The Labute approximate surface area is 110 Å². The Kier molecular flexibility index (Phi) is 3.84. The van der Waals surface area contributed by atoms with Crippen molar-refractivity contribution < 1.29 is 19.7 Å². The molecule has 0 amide bonds. The third kappa shape index (κ3) is 3.11. The zero-order chi connectivity index (χ0) is 14.0. The number of aliphatic hydroxyl groups is 1. The fraction of sp³-hybridized carbons (Fsp3) is 0.583. The SMILES string of the molecule is CC(C)Oc1ccnc(N2CC(O)CC2C(=O)O)n1. The quantitative estimate of drug-likeness (QED) is 0.809. The number of aromatic nitrogens is 2. The van der Waals surface area contributed by atoms with Crippen molar-refractivity contribution in [2.24, 2.45) is 0 Å². The molecule has 7 heteroatoms. The van der Waals surface area contributed by atoms with Crippen LogP contribution in [0.5, 0.6) is 5.88 Å². The van der Waals surface area contributed by atoms with Crippen LogP contribution in [0.1, 0.15) is 20.3 Å². The number of nitrogens with zero attached hydrogens (tertiary/aromatic N) is 3. The van der Waals surface area contributed by atoms with Gasteiger partial charge < -0.3 is 19.8 Å². The number of hydrogen-bond donors (Lipinski definition) is 2. The molecule has 1 fully saturated rings. The lowest BCUT2D eigenvalue weighted by molar-refractivity contribution is -0.138. The molecule has 1 saturated heterocycles. The van der Waals surface area contributed by atoms with Gasteiger partial charge in [0.05, 0.1) is 12.2 Å². The molecule has 0 radical (unpaired) electrons. The van der Waals surface area contributed by atoms with Gasteiger partial charge in [0.25, 0.3) is 0 Å². The number of ether oxygens (including phenoxy) is 1. The zero-order valence-corrected chi connectivity index (χ0v) is 10.9. The van der Waals surface area contributed by atoms with E-state index in [4.69, 9.17) is 9.84 Å². The molecule has 0 bridgehead atoms. The number of aliphatic hydroxyl groups excluding tert-OH is 1. The van der Waals surface area contributed by atoms with E-state index in [-0.39, 0.29) is 25.0 Å². The second kappa shape index (κ2) is 5.40. The van der Waals surface area contributed by atoms with Crippen LogP contribution in [-0.2, 0) is 4.79 Å². The van der Waals surface area contributed by atoms with Gasteiger partial charge in [-0.15, -0.1) is 0 Å². The molecule has 7 nitrogen and oxygen atoms in total. The normalized spacial score (nSPS) is 22.8. The first-order valence-corrected chi connectivity index (χ1v) is 6.14. The van der Waals surface area contributed by atoms with Gasteiger partial charge in [-0.1, -0.05) is 0 Å². The second-order valence-electron chi connectivity index (χ2n) is 4.76. The first-order chi connectivity index (χ1) is 8.97. The highest BCUT2D eigenvalue weighted by Gasteiger charge is 2.37. The molecule has 0 saturated carbocycles. The Hall–Kier alpha value is -1.89. The zero-order valence-electron chi connectivity index (χ0n) is 10.9. The lowest BCUT2D eigenvalue weighted by Gasteiger charge is -2.21. The Morgan fingerprint density at radius 1 is 1.58 bits per heavy atom. The topological polar surface area (TPSA) is 95.8 Å². The van der Waals surface area contributed by atoms with Crippen molar-refractivity contribution >= 4 is 11.9 Å². The number of β-amino-alcohol motifs (C(OH)–C–C–N with tert-alkyl or cyclic N) is 1. The first kappa shape index (κ1) is 13.5. The van der Waals surface area contributed by atoms with E-state index in [9.17, 15) is 9.90 Å². The molecular weight excluding hydrogens is 250 g/mol. The molecule has 2 unspecified atom stereocenters. The van der Waals surface area contributed by atoms with Gasteiger partial charge in [-0.25, -0.2) is 9.78 Å². The van der Waals surface area contributed by atoms with Crippen molar-refractivity contribution in [3.63, 3.8) is 0 Å². The lowest BCUT2D eigenvalue weighted by atomic mass is 10.2. The maximum Gasteiger partial charge on any atom is 0.326 e. The molecule has 2 atom stereocenters. The van der Waals surface area contributed by atoms with Gasteiger partial charge in [-0.3, -0.25) is 0 Å². The van der Waals surface area contributed by atoms with Gasteiger partial charge in [0, 0.05) is 25.2 Å². The second-order valence-corrected chi connectivity index (χ2v) is 4.76. The van der Waals surface area contributed by atoms with Crippen LogP contribution in [0, 0.1) is 0 Å². The lowest BCUT2D eigenvalue weighted by Crippen LogP contribution is -2.37. The van der Waals surface area contributed by atoms with E-state index in [2.05, 4.69) is 9.97 Å². The molecule has 1 aromatic rings. The summed E-state index contributed by atoms with van der Waals surface area (Å²) in [6, 6.07) is 0.815. The van der Waals surface area contributed by atoms with E-state index in [0.29, 0.717) is 5.88 Å². The van der Waals surface area contributed by atoms with Gasteiger partial charge in [0.2, 0.25) is 11.8 Å². The molecule has 2 heterocycles. The van der Waals surface area contributed by atoms with Crippen molar-refractivity contribution in [1.29, 1.82) is 0 Å². The van der Waals surface area contributed by atoms with Crippen LogP contribution in [0.2, 0.25) is 0 Å². The van der Waals surface area contributed by atoms with Crippen molar-refractivity contribution in [2.45, 2.75) is 38.5 Å². The van der Waals surface area contributed by atoms with Crippen LogP contribution < -0.4 is 9.64 Å². The summed E-state index contributed by atoms with van der Waals surface area (Å²) in [5.74, 6) is -0.331. The molecule has 1 aliphatic rings. The monoisotopic (exact) mass is 267 g/mol. The molecule has 1 aliphatic heterocycles. The van der Waals surface area contributed by atoms with Gasteiger partial charge in [-0.05, 0) is 13.8 Å². The number of rotatable bonds is 4. The number of hydrogen-bond acceptors (Lipinski definition) is 6. The molecule has 104 valence electrons. The molecule has 1 aromatic heterocycles. The Balaban J connectivity index is 2.23. The maximum atomic E-state index is 11.2. The van der Waals surface area contributed by atoms with Gasteiger partial charge in [0.1, 0.15) is 6.04 Å². The van der Waals surface area contributed by atoms with E-state index >= 15 is 0 Å². The minimum absolute atomic E-state index is 0.0258. The minimum Gasteiger partial charge on any atom is -0.480 e. The third-order valence-electron chi connectivity index (χ3n) is 2.79. The van der Waals surface area contributed by atoms with Crippen LogP contribution in [0.15, 0.2) is 12.3 Å². The summed E-state index contributed by atoms with van der Waals surface area (Å²) in [6.45, 7) is 3.96. The predicted octanol–water partition coefficient (Wildman–Crippen LogP) is 0.288. The molecule has 0 aromatic carbocycles. The Morgan fingerprint density at radius 3 is 2.95 bits per heavy atom. The highest BCUT2D eigenvalue weighted by Crippen LogP contribution is 2.24. The van der Waals surface area contributed by atoms with E-state index in [1.54, 1.807) is 6.07 Å². The number of carboxylic acids is 1. The summed E-state index contributed by atoms with van der Waals surface area (Å²) < 4.78 is 5.45. The smallest absolute Gasteiger partial charge is 0.326 e. The molecule has 2 N–H and O–H groups in total. The first-order valence-electron chi connectivity index (χ1n) is 6.14. The Bertz CT molecular complexity index is 466. The van der Waals surface area contributed by atoms with E-state index in [0.717, 1.165) is 0 Å². The summed E-state index contributed by atoms with van der Waals surface area (Å²) in [5, 5.41) is 18.7. The third-order valence-corrected chi connectivity index (χ3v) is 2.79. The van der Waals surface area contributed by atoms with E-state index < -0.39 is 18.1 Å². The highest BCUT2D eigenvalue weighted by molar-refractivity contribution is 5.78. The summed E-state index contributed by atoms with van der Waals surface area (Å²) in [5.41, 5.74) is 0. The van der Waals surface area contributed by atoms with Crippen LogP contribution >= 0.6 is 0 Å². The standard InChI is InChI=1S/C12H17N3O4/c1-7(2)19-10-3-4-13-12(14-10)15-6-8(16)5-9(15)11(17)18/h3-4,7-9,16H,5-6H2,1-2H3,(H,17,18). The summed E-state index contributed by atoms with van der Waals surface area (Å²) in [7, 11) is 0. The van der Waals surface area contributed by atoms with E-state index in [1.165, 1.54) is 11.1 Å². The molecule has 0 spiro atoms. The van der Waals surface area contributed by atoms with E-state index in [1.807, 2.05) is 13.8 Å². The summed E-state index contributed by atoms with van der Waals surface area (Å²) in [6.07, 6.45) is 0.985. The predicted molar refractivity (Wildman–Crippen MR) is 67.2 cm³/mol. The summed E-state index contributed by atoms with van der Waals surface area (Å²) in [4.78, 5) is 20.9. The average Bonchev–Trinajstić information content (AvgIpc) is 2.71. The van der Waals surface area contributed by atoms with Crippen molar-refractivity contribution in [3.8, 4) is 5.88 Å². The van der Waals surface area contributed by atoms with Crippen LogP contribution in [0.3, 0.4) is 0 Å². The van der Waals surface area contributed by atoms with Crippen LogP contribution in [0.4, 0.5) is 5.95 Å². The summed E-state index contributed by atoms with van der Waals surface area (Å²) >= 11 is 0. The molecule has 2 rings (SSSR count). The van der Waals surface area contributed by atoms with Crippen LogP contribution in [0.25, 0.3) is 0 Å². The van der Waals surface area contributed by atoms with Gasteiger partial charge in [0.15, 0.2) is 0 Å². The average molecular weight is 267 g/mol. The number of carboxylic acid groups (broad SMARTS) is 1. The van der Waals surface area contributed by atoms with Crippen molar-refractivity contribution in [3.05, 3.63) is 12.3 Å². The number of carbonyl (C=O) groups is 1. The minimum atomic E-state index is -0.990. The molecule has 0 aliphatic carbocycles. The maximum absolute atomic E-state index is 11.2. The molecule has 19 heavy (non-hydrogen) atoms. The van der Waals surface area contributed by atoms with Gasteiger partial charge >= 0.3 is 5.97 Å². The fourth-order valence-corrected chi connectivity index (χ4v) is 2.05. The van der Waals surface area contributed by atoms with Gasteiger partial charge in [-0.2, -0.15) is 4.98 Å². The van der Waals surface area contributed by atoms with Crippen molar-refractivity contribution in [1.82, 2.24) is 9.97 Å². The highest BCUT2D eigenvalue weighted by atomic mass is 16.5. The van der Waals surface area contributed by atoms with Crippen LogP contribution in [-0.4, -0.2) is 50.9 Å². The number of aliphatic carboxylic acids is 1. The fourth-order valence-electron chi connectivity index (χ4n) is 2.05. The van der Waals surface area contributed by atoms with Crippen molar-refractivity contribution in [2.75, 3.05) is 11.4 Å². The largest absolute Gasteiger partial charge is 0.480 e. The molecular formula is C12H17N3O4.